The molecule has 1 atom stereocenters. The van der Waals surface area contributed by atoms with Crippen molar-refractivity contribution in [3.05, 3.63) is 29.8 Å². The summed E-state index contributed by atoms with van der Waals surface area (Å²) in [5.74, 6) is 1.57. The van der Waals surface area contributed by atoms with Crippen molar-refractivity contribution in [3.63, 3.8) is 0 Å². The molecule has 1 rings (SSSR count). The lowest BCUT2D eigenvalue weighted by molar-refractivity contribution is 0.198. The maximum atomic E-state index is 5.64. The molecule has 1 aromatic rings. The minimum Gasteiger partial charge on any atom is -0.491 e. The third-order valence-corrected chi connectivity index (χ3v) is 2.86. The molecule has 3 nitrogen and oxygen atoms in total. The Morgan fingerprint density at radius 3 is 2.37 bits per heavy atom. The molecule has 1 unspecified atom stereocenters. The molecule has 1 N–H and O–H groups in total. The molecule has 0 spiro atoms. The SMILES string of the molecule is COCCNCC(C)Cc1ccc(OC(C)C)cc1. The molecule has 0 saturated heterocycles. The lowest BCUT2D eigenvalue weighted by atomic mass is 10.0. The fourth-order valence-electron chi connectivity index (χ4n) is 1.97. The first kappa shape index (κ1) is 16.0. The van der Waals surface area contributed by atoms with E-state index in [4.69, 9.17) is 9.47 Å². The smallest absolute Gasteiger partial charge is 0.119 e. The molecular formula is C16H27NO2. The summed E-state index contributed by atoms with van der Waals surface area (Å²) in [4.78, 5) is 0. The second-order valence-corrected chi connectivity index (χ2v) is 5.32. The maximum absolute atomic E-state index is 5.64. The average molecular weight is 265 g/mol. The number of hydrogen-bond donors (Lipinski definition) is 1. The summed E-state index contributed by atoms with van der Waals surface area (Å²) in [5.41, 5.74) is 1.36. The van der Waals surface area contributed by atoms with Crippen LogP contribution in [0.25, 0.3) is 0 Å². The van der Waals surface area contributed by atoms with E-state index in [1.165, 1.54) is 5.56 Å². The molecule has 0 heterocycles. The molecule has 0 aliphatic rings. The molecule has 0 fully saturated rings. The highest BCUT2D eigenvalue weighted by atomic mass is 16.5. The number of methoxy groups -OCH3 is 1. The predicted molar refractivity (Wildman–Crippen MR) is 79.8 cm³/mol. The van der Waals surface area contributed by atoms with Gasteiger partial charge >= 0.3 is 0 Å². The molecule has 0 aliphatic carbocycles. The Morgan fingerprint density at radius 1 is 1.11 bits per heavy atom. The normalized spacial score (nSPS) is 12.7. The Morgan fingerprint density at radius 2 is 1.79 bits per heavy atom. The van der Waals surface area contributed by atoms with Gasteiger partial charge in [-0.2, -0.15) is 0 Å². The lowest BCUT2D eigenvalue weighted by Crippen LogP contribution is -2.25. The molecule has 3 heteroatoms. The number of nitrogens with one attached hydrogen (secondary N) is 1. The van der Waals surface area contributed by atoms with Crippen molar-refractivity contribution >= 4 is 0 Å². The van der Waals surface area contributed by atoms with Crippen LogP contribution < -0.4 is 10.1 Å². The van der Waals surface area contributed by atoms with Crippen LogP contribution in [0.4, 0.5) is 0 Å². The molecule has 19 heavy (non-hydrogen) atoms. The number of benzene rings is 1. The summed E-state index contributed by atoms with van der Waals surface area (Å²) in [6.45, 7) is 9.06. The summed E-state index contributed by atoms with van der Waals surface area (Å²) in [5, 5.41) is 3.39. The van der Waals surface area contributed by atoms with Crippen LogP contribution in [0.2, 0.25) is 0 Å². The highest BCUT2D eigenvalue weighted by Crippen LogP contribution is 2.16. The number of rotatable bonds is 9. The van der Waals surface area contributed by atoms with Crippen molar-refractivity contribution in [2.24, 2.45) is 5.92 Å². The number of hydrogen-bond acceptors (Lipinski definition) is 3. The fraction of sp³-hybridized carbons (Fsp3) is 0.625. The van der Waals surface area contributed by atoms with E-state index in [-0.39, 0.29) is 6.10 Å². The average Bonchev–Trinajstić information content (AvgIpc) is 2.36. The minimum absolute atomic E-state index is 0.231. The van der Waals surface area contributed by atoms with E-state index in [0.717, 1.165) is 31.9 Å². The summed E-state index contributed by atoms with van der Waals surface area (Å²) in [7, 11) is 1.73. The van der Waals surface area contributed by atoms with Crippen molar-refractivity contribution in [1.29, 1.82) is 0 Å². The summed E-state index contributed by atoms with van der Waals surface area (Å²) in [6.07, 6.45) is 1.32. The van der Waals surface area contributed by atoms with Crippen molar-refractivity contribution in [1.82, 2.24) is 5.32 Å². The van der Waals surface area contributed by atoms with Gasteiger partial charge < -0.3 is 14.8 Å². The molecule has 1 aromatic carbocycles. The Hall–Kier alpha value is -1.06. The molecule has 0 aromatic heterocycles. The van der Waals surface area contributed by atoms with Crippen LogP contribution >= 0.6 is 0 Å². The second kappa shape index (κ2) is 8.94. The molecule has 0 bridgehead atoms. The monoisotopic (exact) mass is 265 g/mol. The molecule has 0 saturated carbocycles. The zero-order chi connectivity index (χ0) is 14.1. The zero-order valence-corrected chi connectivity index (χ0v) is 12.6. The standard InChI is InChI=1S/C16H27NO2/c1-13(2)19-16-7-5-15(6-8-16)11-14(3)12-17-9-10-18-4/h5-8,13-14,17H,9-12H2,1-4H3. The van der Waals surface area contributed by atoms with Gasteiger partial charge in [0.05, 0.1) is 12.7 Å². The summed E-state index contributed by atoms with van der Waals surface area (Å²) >= 11 is 0. The number of ether oxygens (including phenoxy) is 2. The van der Waals surface area contributed by atoms with Gasteiger partial charge in [-0.1, -0.05) is 19.1 Å². The second-order valence-electron chi connectivity index (χ2n) is 5.32. The van der Waals surface area contributed by atoms with E-state index < -0.39 is 0 Å². The zero-order valence-electron chi connectivity index (χ0n) is 12.6. The van der Waals surface area contributed by atoms with E-state index in [2.05, 4.69) is 36.5 Å². The Balaban J connectivity index is 2.31. The largest absolute Gasteiger partial charge is 0.491 e. The van der Waals surface area contributed by atoms with E-state index >= 15 is 0 Å². The fourth-order valence-corrected chi connectivity index (χ4v) is 1.97. The van der Waals surface area contributed by atoms with Gasteiger partial charge in [-0.25, -0.2) is 0 Å². The first-order chi connectivity index (χ1) is 9.11. The van der Waals surface area contributed by atoms with Crippen molar-refractivity contribution < 1.29 is 9.47 Å². The van der Waals surface area contributed by atoms with Gasteiger partial charge in [-0.05, 0) is 50.4 Å². The lowest BCUT2D eigenvalue weighted by Gasteiger charge is -2.14. The quantitative estimate of drug-likeness (QED) is 0.696. The van der Waals surface area contributed by atoms with Gasteiger partial charge in [0.1, 0.15) is 5.75 Å². The Bertz CT molecular complexity index is 335. The molecule has 0 radical (unpaired) electrons. The van der Waals surface area contributed by atoms with E-state index in [1.54, 1.807) is 7.11 Å². The minimum atomic E-state index is 0.231. The molecule has 108 valence electrons. The van der Waals surface area contributed by atoms with Crippen molar-refractivity contribution in [2.45, 2.75) is 33.3 Å². The molecule has 0 amide bonds. The first-order valence-corrected chi connectivity index (χ1v) is 7.07. The Labute approximate surface area is 117 Å². The molecular weight excluding hydrogens is 238 g/mol. The highest BCUT2D eigenvalue weighted by molar-refractivity contribution is 5.27. The van der Waals surface area contributed by atoms with E-state index in [0.29, 0.717) is 5.92 Å². The Kier molecular flexibility index (Phi) is 7.53. The maximum Gasteiger partial charge on any atom is 0.119 e. The highest BCUT2D eigenvalue weighted by Gasteiger charge is 2.04. The van der Waals surface area contributed by atoms with Gasteiger partial charge in [0, 0.05) is 13.7 Å². The van der Waals surface area contributed by atoms with Crippen LogP contribution in [0, 0.1) is 5.92 Å². The third-order valence-electron chi connectivity index (χ3n) is 2.86. The van der Waals surface area contributed by atoms with Crippen molar-refractivity contribution in [3.8, 4) is 5.75 Å². The van der Waals surface area contributed by atoms with Crippen LogP contribution in [-0.2, 0) is 11.2 Å². The topological polar surface area (TPSA) is 30.5 Å². The summed E-state index contributed by atoms with van der Waals surface area (Å²) < 4.78 is 10.7. The van der Waals surface area contributed by atoms with Crippen LogP contribution in [-0.4, -0.2) is 32.9 Å². The summed E-state index contributed by atoms with van der Waals surface area (Å²) in [6, 6.07) is 8.42. The van der Waals surface area contributed by atoms with Crippen LogP contribution in [0.5, 0.6) is 5.75 Å². The van der Waals surface area contributed by atoms with Gasteiger partial charge in [-0.15, -0.1) is 0 Å². The van der Waals surface area contributed by atoms with Crippen LogP contribution in [0.15, 0.2) is 24.3 Å². The van der Waals surface area contributed by atoms with Gasteiger partial charge in [0.25, 0.3) is 0 Å². The van der Waals surface area contributed by atoms with Crippen molar-refractivity contribution in [2.75, 3.05) is 26.8 Å². The third kappa shape index (κ3) is 7.19. The van der Waals surface area contributed by atoms with E-state index in [9.17, 15) is 0 Å². The van der Waals surface area contributed by atoms with Crippen LogP contribution in [0.1, 0.15) is 26.3 Å². The van der Waals surface area contributed by atoms with Crippen LogP contribution in [0.3, 0.4) is 0 Å². The van der Waals surface area contributed by atoms with Gasteiger partial charge in [0.15, 0.2) is 0 Å². The van der Waals surface area contributed by atoms with Gasteiger partial charge in [0.2, 0.25) is 0 Å². The van der Waals surface area contributed by atoms with E-state index in [1.807, 2.05) is 13.8 Å². The predicted octanol–water partition coefficient (Wildman–Crippen LogP) is 2.89. The molecule has 0 aliphatic heterocycles. The van der Waals surface area contributed by atoms with Gasteiger partial charge in [-0.3, -0.25) is 0 Å². The first-order valence-electron chi connectivity index (χ1n) is 7.07.